The van der Waals surface area contributed by atoms with Gasteiger partial charge >= 0.3 is 6.18 Å². The second kappa shape index (κ2) is 8.41. The van der Waals surface area contributed by atoms with Gasteiger partial charge in [-0.1, -0.05) is 6.92 Å². The van der Waals surface area contributed by atoms with Crippen molar-refractivity contribution in [3.63, 3.8) is 0 Å². The summed E-state index contributed by atoms with van der Waals surface area (Å²) < 4.78 is 70.4. The minimum atomic E-state index is -4.62. The largest absolute Gasteiger partial charge is 0.419 e. The van der Waals surface area contributed by atoms with E-state index in [9.17, 15) is 21.6 Å². The summed E-state index contributed by atoms with van der Waals surface area (Å²) in [4.78, 5) is 8.12. The van der Waals surface area contributed by atoms with Crippen molar-refractivity contribution >= 4 is 16.0 Å². The minimum absolute atomic E-state index is 0.0438. The van der Waals surface area contributed by atoms with Gasteiger partial charge in [0.15, 0.2) is 0 Å². The van der Waals surface area contributed by atoms with Gasteiger partial charge in [0.25, 0.3) is 0 Å². The first kappa shape index (κ1) is 23.2. The molecule has 178 valence electrons. The second-order valence-corrected chi connectivity index (χ2v) is 10.0. The quantitative estimate of drug-likeness (QED) is 0.591. The molecule has 1 fully saturated rings. The Balaban J connectivity index is 1.53. The predicted molar refractivity (Wildman–Crippen MR) is 112 cm³/mol. The van der Waals surface area contributed by atoms with Gasteiger partial charge < -0.3 is 5.32 Å². The Morgan fingerprint density at radius 1 is 1.09 bits per heavy atom. The molecule has 14 heteroatoms. The van der Waals surface area contributed by atoms with Gasteiger partial charge in [-0.25, -0.2) is 18.4 Å². The predicted octanol–water partition coefficient (Wildman–Crippen LogP) is 2.14. The second-order valence-electron chi connectivity index (χ2n) is 8.09. The van der Waals surface area contributed by atoms with E-state index >= 15 is 0 Å². The van der Waals surface area contributed by atoms with Crippen LogP contribution in [0.2, 0.25) is 0 Å². The molecule has 0 spiro atoms. The van der Waals surface area contributed by atoms with Crippen LogP contribution in [0.1, 0.15) is 18.9 Å². The third kappa shape index (κ3) is 4.71. The van der Waals surface area contributed by atoms with Gasteiger partial charge in [-0.2, -0.15) is 27.7 Å². The first-order valence-corrected chi connectivity index (χ1v) is 11.6. The summed E-state index contributed by atoms with van der Waals surface area (Å²) in [5.74, 6) is -0.0970. The molecule has 33 heavy (non-hydrogen) atoms. The topological polar surface area (TPSA) is 111 Å². The van der Waals surface area contributed by atoms with Crippen molar-refractivity contribution in [2.45, 2.75) is 30.5 Å². The summed E-state index contributed by atoms with van der Waals surface area (Å²) in [5, 5.41) is 10.9. The Morgan fingerprint density at radius 3 is 2.36 bits per heavy atom. The van der Waals surface area contributed by atoms with Crippen LogP contribution in [-0.4, -0.2) is 61.4 Å². The molecular formula is C19H23F3N8O2S. The zero-order valence-corrected chi connectivity index (χ0v) is 19.0. The molecular weight excluding hydrogens is 461 g/mol. The van der Waals surface area contributed by atoms with Crippen molar-refractivity contribution < 1.29 is 21.6 Å². The highest BCUT2D eigenvalue weighted by atomic mass is 32.2. The fourth-order valence-electron chi connectivity index (χ4n) is 3.81. The Hall–Kier alpha value is -3.00. The number of anilines is 1. The van der Waals surface area contributed by atoms with Crippen molar-refractivity contribution in [2.75, 3.05) is 18.4 Å². The van der Waals surface area contributed by atoms with Crippen LogP contribution < -0.4 is 5.32 Å². The van der Waals surface area contributed by atoms with Crippen molar-refractivity contribution in [3.8, 4) is 11.3 Å². The van der Waals surface area contributed by atoms with Crippen LogP contribution in [0.3, 0.4) is 0 Å². The smallest absolute Gasteiger partial charge is 0.351 e. The zero-order chi connectivity index (χ0) is 24.0. The molecule has 0 bridgehead atoms. The van der Waals surface area contributed by atoms with Crippen LogP contribution >= 0.6 is 0 Å². The number of alkyl halides is 3. The van der Waals surface area contributed by atoms with Crippen LogP contribution in [0.5, 0.6) is 0 Å². The van der Waals surface area contributed by atoms with Crippen LogP contribution in [-0.2, 0) is 30.3 Å². The van der Waals surface area contributed by atoms with Crippen molar-refractivity contribution in [1.29, 1.82) is 0 Å². The van der Waals surface area contributed by atoms with Gasteiger partial charge in [-0.3, -0.25) is 9.36 Å². The molecule has 0 radical (unpaired) electrons. The fraction of sp³-hybridized carbons (Fsp3) is 0.474. The van der Waals surface area contributed by atoms with Crippen LogP contribution in [0, 0.1) is 5.92 Å². The molecule has 0 amide bonds. The van der Waals surface area contributed by atoms with Crippen molar-refractivity contribution in [1.82, 2.24) is 33.8 Å². The number of sulfonamides is 1. The Bertz CT molecular complexity index is 1250. The summed E-state index contributed by atoms with van der Waals surface area (Å²) in [6, 6.07) is -0.219. The number of aryl methyl sites for hydroxylation is 2. The third-order valence-corrected chi connectivity index (χ3v) is 7.39. The van der Waals surface area contributed by atoms with E-state index in [0.29, 0.717) is 6.42 Å². The third-order valence-electron chi connectivity index (χ3n) is 5.57. The normalized spacial score (nSPS) is 20.2. The van der Waals surface area contributed by atoms with E-state index in [-0.39, 0.29) is 47.2 Å². The molecule has 1 aliphatic rings. The molecule has 0 saturated carbocycles. The van der Waals surface area contributed by atoms with E-state index in [1.165, 1.54) is 38.5 Å². The van der Waals surface area contributed by atoms with Crippen molar-refractivity contribution in [2.24, 2.45) is 20.0 Å². The number of halogens is 3. The minimum Gasteiger partial charge on any atom is -0.351 e. The summed E-state index contributed by atoms with van der Waals surface area (Å²) in [6.45, 7) is 2.36. The van der Waals surface area contributed by atoms with E-state index in [1.807, 2.05) is 6.92 Å². The number of hydrogen-bond acceptors (Lipinski definition) is 7. The highest BCUT2D eigenvalue weighted by molar-refractivity contribution is 7.89. The Labute approximate surface area is 188 Å². The lowest BCUT2D eigenvalue weighted by molar-refractivity contribution is -0.137. The molecule has 1 N–H and O–H groups in total. The van der Waals surface area contributed by atoms with Gasteiger partial charge in [0.1, 0.15) is 10.5 Å². The molecule has 4 heterocycles. The van der Waals surface area contributed by atoms with Crippen molar-refractivity contribution in [3.05, 3.63) is 36.5 Å². The van der Waals surface area contributed by atoms with Crippen LogP contribution in [0.25, 0.3) is 11.3 Å². The SMILES string of the molecule is C[C@H]1CN(S(=O)(=O)c2cnn(C)c2)CC[C@@H]1Nc1ncc(C(F)(F)F)c(-c2cnn(C)c2)n1. The molecule has 1 aliphatic heterocycles. The summed E-state index contributed by atoms with van der Waals surface area (Å²) in [7, 11) is -0.432. The van der Waals surface area contributed by atoms with Gasteiger partial charge in [0.05, 0.1) is 18.1 Å². The van der Waals surface area contributed by atoms with E-state index in [4.69, 9.17) is 0 Å². The van der Waals surface area contributed by atoms with E-state index < -0.39 is 21.8 Å². The first-order chi connectivity index (χ1) is 15.4. The van der Waals surface area contributed by atoms with Gasteiger partial charge in [-0.05, 0) is 12.3 Å². The summed E-state index contributed by atoms with van der Waals surface area (Å²) >= 11 is 0. The number of nitrogens with zero attached hydrogens (tertiary/aromatic N) is 7. The molecule has 3 aromatic rings. The summed E-state index contributed by atoms with van der Waals surface area (Å²) in [5.41, 5.74) is -0.996. The van der Waals surface area contributed by atoms with Gasteiger partial charge in [0.2, 0.25) is 16.0 Å². The Kier molecular flexibility index (Phi) is 5.90. The molecule has 0 aliphatic carbocycles. The maximum absolute atomic E-state index is 13.5. The fourth-order valence-corrected chi connectivity index (χ4v) is 5.35. The van der Waals surface area contributed by atoms with Gasteiger partial charge in [-0.15, -0.1) is 0 Å². The van der Waals surface area contributed by atoms with E-state index in [2.05, 4.69) is 25.5 Å². The molecule has 2 atom stereocenters. The average Bonchev–Trinajstić information content (AvgIpc) is 3.37. The maximum Gasteiger partial charge on any atom is 0.419 e. The highest BCUT2D eigenvalue weighted by Crippen LogP contribution is 2.36. The standard InChI is InChI=1S/C19H23F3N8O2S/c1-12-9-30(33(31,32)14-7-25-29(3)11-14)5-4-16(12)26-18-23-8-15(19(20,21)22)17(27-18)13-6-24-28(2)10-13/h6-8,10-12,16H,4-5,9H2,1-3H3,(H,23,26,27)/t12-,16-/m0/s1. The lowest BCUT2D eigenvalue weighted by atomic mass is 9.95. The average molecular weight is 485 g/mol. The number of aromatic nitrogens is 6. The molecule has 0 unspecified atom stereocenters. The lowest BCUT2D eigenvalue weighted by Gasteiger charge is -2.36. The van der Waals surface area contributed by atoms with E-state index in [1.54, 1.807) is 14.1 Å². The van der Waals surface area contributed by atoms with Gasteiger partial charge in [0, 0.05) is 57.4 Å². The van der Waals surface area contributed by atoms with E-state index in [0.717, 1.165) is 6.20 Å². The molecule has 4 rings (SSSR count). The molecule has 1 saturated heterocycles. The zero-order valence-electron chi connectivity index (χ0n) is 18.2. The summed E-state index contributed by atoms with van der Waals surface area (Å²) in [6.07, 6.45) is 2.08. The lowest BCUT2D eigenvalue weighted by Crippen LogP contribution is -2.47. The molecule has 10 nitrogen and oxygen atoms in total. The first-order valence-electron chi connectivity index (χ1n) is 10.1. The Morgan fingerprint density at radius 2 is 1.79 bits per heavy atom. The number of rotatable bonds is 5. The van der Waals surface area contributed by atoms with Crippen LogP contribution in [0.15, 0.2) is 35.9 Å². The maximum atomic E-state index is 13.5. The number of nitrogens with one attached hydrogen (secondary N) is 1. The monoisotopic (exact) mass is 484 g/mol. The molecule has 0 aromatic carbocycles. The highest BCUT2D eigenvalue weighted by Gasteiger charge is 2.37. The number of piperidine rings is 1. The van der Waals surface area contributed by atoms with Crippen LogP contribution in [0.4, 0.5) is 19.1 Å². The molecule has 3 aromatic heterocycles. The number of hydrogen-bond donors (Lipinski definition) is 1.